The van der Waals surface area contributed by atoms with Crippen LogP contribution < -0.4 is 4.52 Å². The molecule has 0 saturated heterocycles. The van der Waals surface area contributed by atoms with E-state index < -0.39 is 0 Å². The Morgan fingerprint density at radius 3 is 3.00 bits per heavy atom. The van der Waals surface area contributed by atoms with Gasteiger partial charge in [0.05, 0.1) is 10.5 Å². The fourth-order valence-corrected chi connectivity index (χ4v) is 1.76. The Morgan fingerprint density at radius 2 is 2.07 bits per heavy atom. The Balaban J connectivity index is 2.55. The first-order valence-corrected chi connectivity index (χ1v) is 4.88. The summed E-state index contributed by atoms with van der Waals surface area (Å²) < 4.78 is 1.79. The van der Waals surface area contributed by atoms with Gasteiger partial charge in [0.1, 0.15) is 11.4 Å². The van der Waals surface area contributed by atoms with Crippen LogP contribution in [-0.2, 0) is 0 Å². The molecule has 15 heavy (non-hydrogen) atoms. The molecule has 0 aliphatic heterocycles. The lowest BCUT2D eigenvalue weighted by Crippen LogP contribution is -2.27. The molecule has 0 aliphatic rings. The van der Waals surface area contributed by atoms with Crippen LogP contribution in [0.15, 0.2) is 42.6 Å². The molecule has 0 unspecified atom stereocenters. The van der Waals surface area contributed by atoms with Crippen LogP contribution in [0.1, 0.15) is 5.56 Å². The first kappa shape index (κ1) is 8.29. The van der Waals surface area contributed by atoms with Crippen LogP contribution in [0.2, 0.25) is 0 Å². The van der Waals surface area contributed by atoms with Gasteiger partial charge in [-0.05, 0) is 36.8 Å². The van der Waals surface area contributed by atoms with Crippen molar-refractivity contribution in [3.63, 3.8) is 0 Å². The van der Waals surface area contributed by atoms with Gasteiger partial charge in [-0.25, -0.2) is 0 Å². The number of fused-ring (bicyclic) bond motifs is 3. The van der Waals surface area contributed by atoms with E-state index in [4.69, 9.17) is 0 Å². The maximum absolute atomic E-state index is 4.18. The van der Waals surface area contributed by atoms with Crippen LogP contribution in [0.4, 0.5) is 0 Å². The van der Waals surface area contributed by atoms with Gasteiger partial charge in [-0.3, -0.25) is 0 Å². The number of aryl methyl sites for hydroxylation is 1. The lowest BCUT2D eigenvalue weighted by Gasteiger charge is -1.95. The lowest BCUT2D eigenvalue weighted by molar-refractivity contribution is -0.586. The van der Waals surface area contributed by atoms with E-state index in [2.05, 4.69) is 35.4 Å². The van der Waals surface area contributed by atoms with E-state index in [0.29, 0.717) is 0 Å². The summed E-state index contributed by atoms with van der Waals surface area (Å²) in [5.41, 5.74) is 3.24. The van der Waals surface area contributed by atoms with E-state index in [-0.39, 0.29) is 0 Å². The first-order valence-electron chi connectivity index (χ1n) is 4.88. The van der Waals surface area contributed by atoms with E-state index >= 15 is 0 Å². The van der Waals surface area contributed by atoms with Gasteiger partial charge in [-0.2, -0.15) is 0 Å². The standard InChI is InChI=1S/C12H10N3/c1-9-5-6-10-11(8-9)13-14-15-7-3-2-4-12(10)15/h2-8H,1H3/q+1. The van der Waals surface area contributed by atoms with Crippen molar-refractivity contribution >= 4 is 16.4 Å². The summed E-state index contributed by atoms with van der Waals surface area (Å²) in [6.07, 6.45) is 1.90. The van der Waals surface area contributed by atoms with Crippen molar-refractivity contribution in [1.82, 2.24) is 10.3 Å². The minimum atomic E-state index is 0.946. The largest absolute Gasteiger partial charge is 0.215 e. The molecule has 0 aliphatic carbocycles. The molecule has 3 rings (SSSR count). The van der Waals surface area contributed by atoms with Crippen LogP contribution in [0, 0.1) is 6.92 Å². The molecule has 2 aromatic heterocycles. The predicted molar refractivity (Wildman–Crippen MR) is 57.4 cm³/mol. The monoisotopic (exact) mass is 196 g/mol. The molecule has 2 heterocycles. The third kappa shape index (κ3) is 1.24. The molecule has 0 bridgehead atoms. The molecule has 0 radical (unpaired) electrons. The molecule has 3 nitrogen and oxygen atoms in total. The summed E-state index contributed by atoms with van der Waals surface area (Å²) in [5.74, 6) is 0. The van der Waals surface area contributed by atoms with Crippen molar-refractivity contribution < 1.29 is 4.52 Å². The van der Waals surface area contributed by atoms with Crippen molar-refractivity contribution in [3.8, 4) is 0 Å². The highest BCUT2D eigenvalue weighted by Crippen LogP contribution is 2.14. The summed E-state index contributed by atoms with van der Waals surface area (Å²) in [5, 5.41) is 9.44. The van der Waals surface area contributed by atoms with Crippen molar-refractivity contribution in [2.45, 2.75) is 6.92 Å². The fraction of sp³-hybridized carbons (Fsp3) is 0.0833. The van der Waals surface area contributed by atoms with Gasteiger partial charge in [-0.1, -0.05) is 12.1 Å². The Hall–Kier alpha value is -2.03. The highest BCUT2D eigenvalue weighted by atomic mass is 15.4. The van der Waals surface area contributed by atoms with Gasteiger partial charge < -0.3 is 0 Å². The van der Waals surface area contributed by atoms with E-state index in [1.807, 2.05) is 24.4 Å². The number of rotatable bonds is 0. The molecule has 0 saturated carbocycles. The zero-order valence-electron chi connectivity index (χ0n) is 8.38. The maximum Gasteiger partial charge on any atom is 0.215 e. The molecular formula is C12H10N3+. The topological polar surface area (TPSA) is 29.9 Å². The highest BCUT2D eigenvalue weighted by Gasteiger charge is 2.08. The molecule has 3 heteroatoms. The van der Waals surface area contributed by atoms with E-state index in [0.717, 1.165) is 16.4 Å². The fourth-order valence-electron chi connectivity index (χ4n) is 1.76. The summed E-state index contributed by atoms with van der Waals surface area (Å²) in [6.45, 7) is 2.06. The quantitative estimate of drug-likeness (QED) is 0.404. The Kier molecular flexibility index (Phi) is 1.65. The van der Waals surface area contributed by atoms with Gasteiger partial charge >= 0.3 is 0 Å². The minimum Gasteiger partial charge on any atom is -0.101 e. The molecular weight excluding hydrogens is 186 g/mol. The second kappa shape index (κ2) is 2.98. The number of hydrogen-bond acceptors (Lipinski definition) is 2. The minimum absolute atomic E-state index is 0.946. The number of aromatic nitrogens is 3. The van der Waals surface area contributed by atoms with Gasteiger partial charge in [-0.15, -0.1) is 4.52 Å². The predicted octanol–water partition coefficient (Wildman–Crippen LogP) is 1.68. The lowest BCUT2D eigenvalue weighted by atomic mass is 10.1. The molecule has 0 fully saturated rings. The van der Waals surface area contributed by atoms with Crippen molar-refractivity contribution in [2.75, 3.05) is 0 Å². The van der Waals surface area contributed by atoms with E-state index in [1.165, 1.54) is 5.56 Å². The van der Waals surface area contributed by atoms with Gasteiger partial charge in [0.2, 0.25) is 5.52 Å². The smallest absolute Gasteiger partial charge is 0.101 e. The third-order valence-corrected chi connectivity index (χ3v) is 2.52. The van der Waals surface area contributed by atoms with E-state index in [1.54, 1.807) is 4.52 Å². The van der Waals surface area contributed by atoms with Crippen LogP contribution in [0.5, 0.6) is 0 Å². The van der Waals surface area contributed by atoms with Gasteiger partial charge in [0.15, 0.2) is 5.52 Å². The normalized spacial score (nSPS) is 11.0. The first-order chi connectivity index (χ1) is 7.34. The Labute approximate surface area is 87.0 Å². The molecule has 1 aromatic carbocycles. The number of benzene rings is 1. The molecule has 0 spiro atoms. The average Bonchev–Trinajstić information content (AvgIpc) is 2.28. The average molecular weight is 196 g/mol. The van der Waals surface area contributed by atoms with Crippen LogP contribution in [-0.4, -0.2) is 10.3 Å². The zero-order valence-corrected chi connectivity index (χ0v) is 8.38. The number of nitrogens with zero attached hydrogens (tertiary/aromatic N) is 3. The summed E-state index contributed by atoms with van der Waals surface area (Å²) >= 11 is 0. The highest BCUT2D eigenvalue weighted by molar-refractivity contribution is 5.90. The molecule has 0 atom stereocenters. The molecule has 0 N–H and O–H groups in total. The maximum atomic E-state index is 4.18. The summed E-state index contributed by atoms with van der Waals surface area (Å²) in [6, 6.07) is 12.2. The van der Waals surface area contributed by atoms with Gasteiger partial charge in [0.25, 0.3) is 0 Å². The van der Waals surface area contributed by atoms with E-state index in [9.17, 15) is 0 Å². The Morgan fingerprint density at radius 1 is 1.13 bits per heavy atom. The second-order valence-electron chi connectivity index (χ2n) is 3.64. The zero-order chi connectivity index (χ0) is 10.3. The summed E-state index contributed by atoms with van der Waals surface area (Å²) in [7, 11) is 0. The van der Waals surface area contributed by atoms with Gasteiger partial charge in [0, 0.05) is 0 Å². The molecule has 3 aromatic rings. The number of hydrogen-bond donors (Lipinski definition) is 0. The molecule has 72 valence electrons. The van der Waals surface area contributed by atoms with Crippen molar-refractivity contribution in [1.29, 1.82) is 0 Å². The SMILES string of the molecule is Cc1ccc2c(c1)nn[n+]1ccccc21. The second-order valence-corrected chi connectivity index (χ2v) is 3.64. The summed E-state index contributed by atoms with van der Waals surface area (Å²) in [4.78, 5) is 0. The van der Waals surface area contributed by atoms with Crippen LogP contribution in [0.25, 0.3) is 16.4 Å². The van der Waals surface area contributed by atoms with Crippen LogP contribution >= 0.6 is 0 Å². The van der Waals surface area contributed by atoms with Crippen molar-refractivity contribution in [2.24, 2.45) is 0 Å². The Bertz CT molecular complexity index is 646. The van der Waals surface area contributed by atoms with Crippen molar-refractivity contribution in [3.05, 3.63) is 48.2 Å². The molecule has 0 amide bonds. The third-order valence-electron chi connectivity index (χ3n) is 2.52. The number of pyridine rings is 1. The van der Waals surface area contributed by atoms with Crippen LogP contribution in [0.3, 0.4) is 0 Å².